The van der Waals surface area contributed by atoms with Gasteiger partial charge in [-0.15, -0.1) is 0 Å². The first-order valence-corrected chi connectivity index (χ1v) is 7.05. The number of aromatic nitrogens is 2. The molecule has 7 nitrogen and oxygen atoms in total. The van der Waals surface area contributed by atoms with Crippen molar-refractivity contribution in [3.8, 4) is 0 Å². The summed E-state index contributed by atoms with van der Waals surface area (Å²) in [6.07, 6.45) is 0.899. The molecular formula is C13H22N6O. The smallest absolute Gasteiger partial charge is 0.239 e. The zero-order valence-electron chi connectivity index (χ0n) is 12.1. The molecule has 1 aromatic heterocycles. The predicted octanol–water partition coefficient (Wildman–Crippen LogP) is 0.231. The van der Waals surface area contributed by atoms with Gasteiger partial charge in [-0.3, -0.25) is 4.79 Å². The van der Waals surface area contributed by atoms with E-state index in [1.165, 1.54) is 0 Å². The van der Waals surface area contributed by atoms with Crippen LogP contribution in [0.1, 0.15) is 20.3 Å². The van der Waals surface area contributed by atoms with Crippen LogP contribution >= 0.6 is 0 Å². The maximum atomic E-state index is 11.6. The van der Waals surface area contributed by atoms with Crippen LogP contribution in [0.2, 0.25) is 0 Å². The molecule has 7 heteroatoms. The average Bonchev–Trinajstić information content (AvgIpc) is 2.64. The van der Waals surface area contributed by atoms with Crippen molar-refractivity contribution >= 4 is 23.5 Å². The van der Waals surface area contributed by atoms with Gasteiger partial charge >= 0.3 is 0 Å². The van der Waals surface area contributed by atoms with E-state index < -0.39 is 0 Å². The van der Waals surface area contributed by atoms with Crippen molar-refractivity contribution in [2.24, 2.45) is 0 Å². The molecule has 0 saturated carbocycles. The number of carbonyl (C=O) groups excluding carboxylic acids is 1. The van der Waals surface area contributed by atoms with Gasteiger partial charge in [-0.1, -0.05) is 0 Å². The van der Waals surface area contributed by atoms with Crippen LogP contribution < -0.4 is 20.9 Å². The minimum Gasteiger partial charge on any atom is -0.368 e. The van der Waals surface area contributed by atoms with Gasteiger partial charge in [-0.2, -0.15) is 9.97 Å². The van der Waals surface area contributed by atoms with Crippen LogP contribution in [-0.4, -0.2) is 48.6 Å². The van der Waals surface area contributed by atoms with E-state index in [1.54, 1.807) is 0 Å². The summed E-state index contributed by atoms with van der Waals surface area (Å²) < 4.78 is 0. The van der Waals surface area contributed by atoms with E-state index in [0.717, 1.165) is 37.7 Å². The van der Waals surface area contributed by atoms with Crippen molar-refractivity contribution in [3.63, 3.8) is 0 Å². The Hall–Kier alpha value is -2.05. The fraction of sp³-hybridized carbons (Fsp3) is 0.615. The number of rotatable bonds is 4. The SMILES string of the molecule is CCN(CC)c1cc(N2CCCNC(=O)C2)nc(N)n1. The molecule has 1 aliphatic heterocycles. The predicted molar refractivity (Wildman–Crippen MR) is 79.8 cm³/mol. The Labute approximate surface area is 119 Å². The number of amides is 1. The number of nitrogen functional groups attached to an aromatic ring is 1. The topological polar surface area (TPSA) is 87.4 Å². The van der Waals surface area contributed by atoms with Crippen LogP contribution in [0.3, 0.4) is 0 Å². The van der Waals surface area contributed by atoms with Crippen molar-refractivity contribution < 1.29 is 4.79 Å². The maximum absolute atomic E-state index is 11.6. The summed E-state index contributed by atoms with van der Waals surface area (Å²) in [5.41, 5.74) is 5.81. The Balaban J connectivity index is 2.28. The highest BCUT2D eigenvalue weighted by Crippen LogP contribution is 2.20. The number of carbonyl (C=O) groups is 1. The average molecular weight is 278 g/mol. The molecule has 20 heavy (non-hydrogen) atoms. The minimum atomic E-state index is 0.0177. The number of anilines is 3. The van der Waals surface area contributed by atoms with E-state index in [2.05, 4.69) is 34.0 Å². The molecule has 1 aliphatic rings. The van der Waals surface area contributed by atoms with Gasteiger partial charge in [0.1, 0.15) is 11.6 Å². The zero-order chi connectivity index (χ0) is 14.5. The third-order valence-corrected chi connectivity index (χ3v) is 3.39. The number of hydrogen-bond acceptors (Lipinski definition) is 6. The van der Waals surface area contributed by atoms with E-state index in [-0.39, 0.29) is 11.9 Å². The Morgan fingerprint density at radius 1 is 1.40 bits per heavy atom. The van der Waals surface area contributed by atoms with Crippen molar-refractivity contribution in [3.05, 3.63) is 6.07 Å². The summed E-state index contributed by atoms with van der Waals surface area (Å²) in [7, 11) is 0. The number of nitrogens with one attached hydrogen (secondary N) is 1. The van der Waals surface area contributed by atoms with Crippen molar-refractivity contribution in [1.82, 2.24) is 15.3 Å². The Morgan fingerprint density at radius 3 is 2.85 bits per heavy atom. The van der Waals surface area contributed by atoms with E-state index in [9.17, 15) is 4.79 Å². The first-order chi connectivity index (χ1) is 9.63. The fourth-order valence-corrected chi connectivity index (χ4v) is 2.31. The number of hydrogen-bond donors (Lipinski definition) is 2. The van der Waals surface area contributed by atoms with Crippen LogP contribution in [-0.2, 0) is 4.79 Å². The largest absolute Gasteiger partial charge is 0.368 e. The van der Waals surface area contributed by atoms with Crippen LogP contribution in [0.15, 0.2) is 6.07 Å². The molecule has 3 N–H and O–H groups in total. The standard InChI is InChI=1S/C13H22N6O/c1-3-18(4-2)10-8-11(17-13(14)16-10)19-7-5-6-15-12(20)9-19/h8H,3-7,9H2,1-2H3,(H,15,20)(H2,14,16,17). The van der Waals surface area contributed by atoms with Gasteiger partial charge in [-0.05, 0) is 20.3 Å². The molecule has 0 aromatic carbocycles. The first-order valence-electron chi connectivity index (χ1n) is 7.05. The van der Waals surface area contributed by atoms with Gasteiger partial charge in [0.05, 0.1) is 6.54 Å². The number of nitrogens with two attached hydrogens (primary N) is 1. The Kier molecular flexibility index (Phi) is 4.60. The third kappa shape index (κ3) is 3.28. The molecule has 0 aliphatic carbocycles. The zero-order valence-corrected chi connectivity index (χ0v) is 12.1. The fourth-order valence-electron chi connectivity index (χ4n) is 2.31. The molecule has 0 unspecified atom stereocenters. The Morgan fingerprint density at radius 2 is 2.15 bits per heavy atom. The lowest BCUT2D eigenvalue weighted by atomic mass is 10.3. The molecule has 1 amide bonds. The molecule has 0 radical (unpaired) electrons. The lowest BCUT2D eigenvalue weighted by molar-refractivity contribution is -0.119. The van der Waals surface area contributed by atoms with E-state index in [4.69, 9.17) is 5.73 Å². The van der Waals surface area contributed by atoms with E-state index >= 15 is 0 Å². The molecule has 1 aromatic rings. The van der Waals surface area contributed by atoms with Crippen molar-refractivity contribution in [2.45, 2.75) is 20.3 Å². The van der Waals surface area contributed by atoms with Crippen LogP contribution in [0.5, 0.6) is 0 Å². The molecule has 110 valence electrons. The molecule has 0 atom stereocenters. The minimum absolute atomic E-state index is 0.0177. The van der Waals surface area contributed by atoms with E-state index in [0.29, 0.717) is 13.1 Å². The highest BCUT2D eigenvalue weighted by atomic mass is 16.2. The van der Waals surface area contributed by atoms with Gasteiger partial charge in [0, 0.05) is 32.2 Å². The van der Waals surface area contributed by atoms with Crippen molar-refractivity contribution in [2.75, 3.05) is 48.3 Å². The molecular weight excluding hydrogens is 256 g/mol. The van der Waals surface area contributed by atoms with Gasteiger partial charge in [0.15, 0.2) is 0 Å². The summed E-state index contributed by atoms with van der Waals surface area (Å²) in [6.45, 7) is 7.65. The first kappa shape index (κ1) is 14.4. The second-order valence-corrected chi connectivity index (χ2v) is 4.74. The Bertz CT molecular complexity index is 474. The summed E-state index contributed by atoms with van der Waals surface area (Å²) in [6, 6.07) is 1.90. The normalized spacial score (nSPS) is 15.7. The summed E-state index contributed by atoms with van der Waals surface area (Å²) in [5, 5.41) is 2.85. The lowest BCUT2D eigenvalue weighted by Crippen LogP contribution is -2.34. The maximum Gasteiger partial charge on any atom is 0.239 e. The molecule has 2 rings (SSSR count). The third-order valence-electron chi connectivity index (χ3n) is 3.39. The molecule has 0 bridgehead atoms. The second kappa shape index (κ2) is 6.40. The molecule has 1 saturated heterocycles. The van der Waals surface area contributed by atoms with Gasteiger partial charge < -0.3 is 20.9 Å². The quantitative estimate of drug-likeness (QED) is 0.820. The van der Waals surface area contributed by atoms with Gasteiger partial charge in [-0.25, -0.2) is 0 Å². The van der Waals surface area contributed by atoms with Crippen LogP contribution in [0.25, 0.3) is 0 Å². The van der Waals surface area contributed by atoms with Gasteiger partial charge in [0.2, 0.25) is 11.9 Å². The lowest BCUT2D eigenvalue weighted by Gasteiger charge is -2.24. The summed E-state index contributed by atoms with van der Waals surface area (Å²) >= 11 is 0. The van der Waals surface area contributed by atoms with Gasteiger partial charge in [0.25, 0.3) is 0 Å². The number of nitrogens with zero attached hydrogens (tertiary/aromatic N) is 4. The highest BCUT2D eigenvalue weighted by molar-refractivity contribution is 5.81. The molecule has 0 spiro atoms. The summed E-state index contributed by atoms with van der Waals surface area (Å²) in [4.78, 5) is 24.3. The van der Waals surface area contributed by atoms with Crippen molar-refractivity contribution in [1.29, 1.82) is 0 Å². The molecule has 2 heterocycles. The highest BCUT2D eigenvalue weighted by Gasteiger charge is 2.18. The molecule has 1 fully saturated rings. The summed E-state index contributed by atoms with van der Waals surface area (Å²) in [5.74, 6) is 1.79. The van der Waals surface area contributed by atoms with E-state index in [1.807, 2.05) is 11.0 Å². The monoisotopic (exact) mass is 278 g/mol. The van der Waals surface area contributed by atoms with Crippen LogP contribution in [0.4, 0.5) is 17.6 Å². The second-order valence-electron chi connectivity index (χ2n) is 4.74. The van der Waals surface area contributed by atoms with Crippen LogP contribution in [0, 0.1) is 0 Å².